The normalized spacial score (nSPS) is 21.0. The molecule has 1 aliphatic rings. The highest BCUT2D eigenvalue weighted by Crippen LogP contribution is 2.27. The smallest absolute Gasteiger partial charge is 0.227 e. The van der Waals surface area contributed by atoms with Gasteiger partial charge in [-0.2, -0.15) is 0 Å². The molecule has 1 atom stereocenters. The van der Waals surface area contributed by atoms with E-state index in [2.05, 4.69) is 9.97 Å². The Hall–Kier alpha value is -1.69. The average molecular weight is 208 g/mol. The van der Waals surface area contributed by atoms with Crippen molar-refractivity contribution in [2.24, 2.45) is 5.92 Å². The van der Waals surface area contributed by atoms with Crippen LogP contribution in [0.1, 0.15) is 6.42 Å². The van der Waals surface area contributed by atoms with Crippen LogP contribution in [0, 0.1) is 5.92 Å². The second-order valence-corrected chi connectivity index (χ2v) is 3.55. The van der Waals surface area contributed by atoms with Crippen LogP contribution in [0.15, 0.2) is 12.5 Å². The van der Waals surface area contributed by atoms with E-state index in [9.17, 15) is 4.79 Å². The number of nitrogens with zero attached hydrogens (tertiary/aromatic N) is 3. The fourth-order valence-corrected chi connectivity index (χ4v) is 1.68. The molecule has 1 saturated heterocycles. The Labute approximate surface area is 86.7 Å². The lowest BCUT2D eigenvalue weighted by Crippen LogP contribution is -2.26. The summed E-state index contributed by atoms with van der Waals surface area (Å²) >= 11 is 0. The van der Waals surface area contributed by atoms with E-state index < -0.39 is 0 Å². The highest BCUT2D eigenvalue weighted by Gasteiger charge is 2.31. The fourth-order valence-electron chi connectivity index (χ4n) is 1.68. The maximum absolute atomic E-state index is 11.6. The van der Waals surface area contributed by atoms with Crippen LogP contribution in [0.4, 0.5) is 11.5 Å². The molecule has 1 aromatic rings. The molecule has 0 saturated carbocycles. The largest absolute Gasteiger partial charge is 0.396 e. The Morgan fingerprint density at radius 1 is 1.67 bits per heavy atom. The lowest BCUT2D eigenvalue weighted by atomic mass is 10.1. The van der Waals surface area contributed by atoms with Crippen molar-refractivity contribution in [1.82, 2.24) is 9.97 Å². The average Bonchev–Trinajstić information content (AvgIpc) is 2.60. The van der Waals surface area contributed by atoms with E-state index in [1.807, 2.05) is 0 Å². The molecule has 1 aromatic heterocycles. The van der Waals surface area contributed by atoms with Crippen molar-refractivity contribution >= 4 is 17.4 Å². The van der Waals surface area contributed by atoms with Crippen LogP contribution in [-0.4, -0.2) is 34.1 Å². The number of amides is 1. The van der Waals surface area contributed by atoms with Crippen molar-refractivity contribution in [1.29, 1.82) is 0 Å². The van der Waals surface area contributed by atoms with Crippen molar-refractivity contribution in [3.05, 3.63) is 12.5 Å². The van der Waals surface area contributed by atoms with Crippen molar-refractivity contribution in [3.63, 3.8) is 0 Å². The number of aliphatic hydroxyl groups is 1. The van der Waals surface area contributed by atoms with Crippen molar-refractivity contribution < 1.29 is 9.90 Å². The highest BCUT2D eigenvalue weighted by atomic mass is 16.3. The standard InChI is InChI=1S/C9H12N4O2/c10-9-7(2-11-5-12-9)13-3-6(4-14)1-8(13)15/h2,5-6,14H,1,3-4H2,(H2,10,11,12). The lowest BCUT2D eigenvalue weighted by molar-refractivity contribution is -0.117. The van der Waals surface area contributed by atoms with Crippen LogP contribution in [0.5, 0.6) is 0 Å². The van der Waals surface area contributed by atoms with Crippen LogP contribution in [0.3, 0.4) is 0 Å². The molecule has 2 heterocycles. The van der Waals surface area contributed by atoms with E-state index in [-0.39, 0.29) is 24.2 Å². The van der Waals surface area contributed by atoms with Crippen LogP contribution < -0.4 is 10.6 Å². The van der Waals surface area contributed by atoms with Gasteiger partial charge in [-0.1, -0.05) is 0 Å². The maximum atomic E-state index is 11.6. The van der Waals surface area contributed by atoms with Gasteiger partial charge in [-0.25, -0.2) is 9.97 Å². The fraction of sp³-hybridized carbons (Fsp3) is 0.444. The lowest BCUT2D eigenvalue weighted by Gasteiger charge is -2.16. The first-order valence-corrected chi connectivity index (χ1v) is 4.69. The maximum Gasteiger partial charge on any atom is 0.227 e. The number of hydrogen-bond acceptors (Lipinski definition) is 5. The van der Waals surface area contributed by atoms with Gasteiger partial charge in [0.2, 0.25) is 5.91 Å². The molecule has 3 N–H and O–H groups in total. The third-order valence-electron chi connectivity index (χ3n) is 2.48. The summed E-state index contributed by atoms with van der Waals surface area (Å²) < 4.78 is 0. The monoisotopic (exact) mass is 208 g/mol. The summed E-state index contributed by atoms with van der Waals surface area (Å²) in [5.41, 5.74) is 6.17. The molecule has 0 aliphatic carbocycles. The summed E-state index contributed by atoms with van der Waals surface area (Å²) in [7, 11) is 0. The van der Waals surface area contributed by atoms with E-state index in [1.165, 1.54) is 17.4 Å². The highest BCUT2D eigenvalue weighted by molar-refractivity contribution is 5.97. The third kappa shape index (κ3) is 1.75. The number of aliphatic hydroxyl groups excluding tert-OH is 1. The van der Waals surface area contributed by atoms with Gasteiger partial charge < -0.3 is 15.7 Å². The number of rotatable bonds is 2. The SMILES string of the molecule is Nc1ncncc1N1CC(CO)CC1=O. The summed E-state index contributed by atoms with van der Waals surface area (Å²) in [4.78, 5) is 20.8. The molecule has 6 heteroatoms. The molecule has 0 aromatic carbocycles. The van der Waals surface area contributed by atoms with Gasteiger partial charge in [-0.05, 0) is 0 Å². The Bertz CT molecular complexity index is 382. The summed E-state index contributed by atoms with van der Waals surface area (Å²) in [5, 5.41) is 8.98. The van der Waals surface area contributed by atoms with Gasteiger partial charge >= 0.3 is 0 Å². The minimum atomic E-state index is -0.0458. The Morgan fingerprint density at radius 2 is 2.47 bits per heavy atom. The molecule has 2 rings (SSSR count). The molecule has 1 amide bonds. The predicted molar refractivity (Wildman–Crippen MR) is 54.0 cm³/mol. The van der Waals surface area contributed by atoms with Gasteiger partial charge in [0.1, 0.15) is 12.0 Å². The van der Waals surface area contributed by atoms with Crippen LogP contribution >= 0.6 is 0 Å². The van der Waals surface area contributed by atoms with Crippen molar-refractivity contribution in [2.45, 2.75) is 6.42 Å². The number of anilines is 2. The minimum absolute atomic E-state index is 0.00976. The molecule has 80 valence electrons. The quantitative estimate of drug-likeness (QED) is 0.677. The number of carbonyl (C=O) groups is 1. The van der Waals surface area contributed by atoms with Gasteiger partial charge in [-0.3, -0.25) is 4.79 Å². The first-order valence-electron chi connectivity index (χ1n) is 4.69. The van der Waals surface area contributed by atoms with Gasteiger partial charge in [0.25, 0.3) is 0 Å². The van der Waals surface area contributed by atoms with Crippen molar-refractivity contribution in [3.8, 4) is 0 Å². The molecular formula is C9H12N4O2. The summed E-state index contributed by atoms with van der Waals surface area (Å²) in [5.74, 6) is 0.226. The molecule has 0 spiro atoms. The van der Waals surface area contributed by atoms with Gasteiger partial charge in [0.05, 0.1) is 6.20 Å². The van der Waals surface area contributed by atoms with E-state index >= 15 is 0 Å². The minimum Gasteiger partial charge on any atom is -0.396 e. The Balaban J connectivity index is 2.25. The second-order valence-electron chi connectivity index (χ2n) is 3.55. The summed E-state index contributed by atoms with van der Waals surface area (Å²) in [6, 6.07) is 0. The third-order valence-corrected chi connectivity index (χ3v) is 2.48. The molecule has 1 unspecified atom stereocenters. The van der Waals surface area contributed by atoms with Gasteiger partial charge in [0.15, 0.2) is 5.82 Å². The molecule has 1 fully saturated rings. The number of nitrogens with two attached hydrogens (primary N) is 1. The molecule has 15 heavy (non-hydrogen) atoms. The molecule has 0 bridgehead atoms. The number of carbonyl (C=O) groups excluding carboxylic acids is 1. The van der Waals surface area contributed by atoms with Gasteiger partial charge in [0, 0.05) is 25.5 Å². The molecular weight excluding hydrogens is 196 g/mol. The first-order chi connectivity index (χ1) is 7.22. The van der Waals surface area contributed by atoms with Crippen LogP contribution in [0.2, 0.25) is 0 Å². The number of nitrogen functional groups attached to an aromatic ring is 1. The Kier molecular flexibility index (Phi) is 2.51. The summed E-state index contributed by atoms with van der Waals surface area (Å²) in [6.45, 7) is 0.489. The summed E-state index contributed by atoms with van der Waals surface area (Å²) in [6.07, 6.45) is 3.20. The zero-order valence-corrected chi connectivity index (χ0v) is 8.13. The van der Waals surface area contributed by atoms with Crippen LogP contribution in [0.25, 0.3) is 0 Å². The second kappa shape index (κ2) is 3.82. The van der Waals surface area contributed by atoms with Gasteiger partial charge in [-0.15, -0.1) is 0 Å². The topological polar surface area (TPSA) is 92.3 Å². The predicted octanol–water partition coefficient (Wildman–Crippen LogP) is -0.596. The zero-order valence-electron chi connectivity index (χ0n) is 8.13. The van der Waals surface area contributed by atoms with Crippen molar-refractivity contribution in [2.75, 3.05) is 23.8 Å². The number of aromatic nitrogens is 2. The molecule has 1 aliphatic heterocycles. The van der Waals surface area contributed by atoms with E-state index in [1.54, 1.807) is 0 Å². The first kappa shape index (κ1) is 9.85. The van der Waals surface area contributed by atoms with E-state index in [0.717, 1.165) is 0 Å². The molecule has 6 nitrogen and oxygen atoms in total. The van der Waals surface area contributed by atoms with E-state index in [0.29, 0.717) is 18.7 Å². The van der Waals surface area contributed by atoms with Crippen LogP contribution in [-0.2, 0) is 4.79 Å². The Morgan fingerprint density at radius 3 is 3.07 bits per heavy atom. The zero-order chi connectivity index (χ0) is 10.8. The van der Waals surface area contributed by atoms with E-state index in [4.69, 9.17) is 10.8 Å². The number of hydrogen-bond donors (Lipinski definition) is 2. The molecule has 0 radical (unpaired) electrons.